The number of nitrogens with one attached hydrogen (secondary N) is 1. The predicted molar refractivity (Wildman–Crippen MR) is 55.9 cm³/mol. The standard InChI is InChI=1S/C11H23NO/c1-10(2)9-12-8-7-11(13-3)5-4-6-11/h10,12H,4-9H2,1-3H3. The maximum atomic E-state index is 5.54. The van der Waals surface area contributed by atoms with Crippen LogP contribution in [0, 0.1) is 5.92 Å². The monoisotopic (exact) mass is 185 g/mol. The zero-order valence-electron chi connectivity index (χ0n) is 9.23. The first-order chi connectivity index (χ1) is 6.18. The predicted octanol–water partition coefficient (Wildman–Crippen LogP) is 2.19. The van der Waals surface area contributed by atoms with Crippen LogP contribution in [0.4, 0.5) is 0 Å². The fraction of sp³-hybridized carbons (Fsp3) is 1.00. The van der Waals surface area contributed by atoms with Crippen LogP contribution in [0.25, 0.3) is 0 Å². The first kappa shape index (κ1) is 11.0. The molecule has 0 saturated heterocycles. The highest BCUT2D eigenvalue weighted by Gasteiger charge is 2.35. The van der Waals surface area contributed by atoms with Gasteiger partial charge in [0.15, 0.2) is 0 Å². The summed E-state index contributed by atoms with van der Waals surface area (Å²) in [7, 11) is 1.85. The van der Waals surface area contributed by atoms with Crippen molar-refractivity contribution in [2.45, 2.75) is 45.1 Å². The van der Waals surface area contributed by atoms with Crippen LogP contribution >= 0.6 is 0 Å². The molecule has 0 bridgehead atoms. The van der Waals surface area contributed by atoms with Gasteiger partial charge in [-0.3, -0.25) is 0 Å². The molecule has 0 spiro atoms. The van der Waals surface area contributed by atoms with Gasteiger partial charge in [0, 0.05) is 7.11 Å². The van der Waals surface area contributed by atoms with E-state index in [9.17, 15) is 0 Å². The maximum absolute atomic E-state index is 5.54. The van der Waals surface area contributed by atoms with E-state index in [0.29, 0.717) is 0 Å². The lowest BCUT2D eigenvalue weighted by Gasteiger charge is -2.40. The van der Waals surface area contributed by atoms with Crippen molar-refractivity contribution in [3.8, 4) is 0 Å². The molecule has 78 valence electrons. The van der Waals surface area contributed by atoms with E-state index in [-0.39, 0.29) is 5.60 Å². The normalized spacial score (nSPS) is 20.3. The molecule has 1 aliphatic carbocycles. The lowest BCUT2D eigenvalue weighted by atomic mass is 9.77. The molecule has 0 amide bonds. The Balaban J connectivity index is 2.04. The Kier molecular flexibility index (Phi) is 4.20. The van der Waals surface area contributed by atoms with Crippen molar-refractivity contribution in [2.75, 3.05) is 20.2 Å². The van der Waals surface area contributed by atoms with E-state index in [2.05, 4.69) is 19.2 Å². The molecule has 13 heavy (non-hydrogen) atoms. The topological polar surface area (TPSA) is 21.3 Å². The van der Waals surface area contributed by atoms with E-state index < -0.39 is 0 Å². The lowest BCUT2D eigenvalue weighted by Crippen LogP contribution is -2.42. The van der Waals surface area contributed by atoms with Gasteiger partial charge in [0.05, 0.1) is 5.60 Å². The fourth-order valence-electron chi connectivity index (χ4n) is 1.83. The van der Waals surface area contributed by atoms with Crippen LogP contribution in [0.15, 0.2) is 0 Å². The minimum Gasteiger partial charge on any atom is -0.378 e. The van der Waals surface area contributed by atoms with E-state index >= 15 is 0 Å². The van der Waals surface area contributed by atoms with Crippen molar-refractivity contribution in [2.24, 2.45) is 5.92 Å². The molecule has 1 aliphatic rings. The van der Waals surface area contributed by atoms with Crippen LogP contribution in [-0.2, 0) is 4.74 Å². The van der Waals surface area contributed by atoms with Crippen molar-refractivity contribution < 1.29 is 4.74 Å². The Morgan fingerprint density at radius 2 is 2.08 bits per heavy atom. The Hall–Kier alpha value is -0.0800. The van der Waals surface area contributed by atoms with Gasteiger partial charge in [-0.05, 0) is 44.7 Å². The summed E-state index contributed by atoms with van der Waals surface area (Å²) in [6, 6.07) is 0. The molecule has 0 heterocycles. The molecule has 1 saturated carbocycles. The highest BCUT2D eigenvalue weighted by Crippen LogP contribution is 2.37. The van der Waals surface area contributed by atoms with Crippen LogP contribution in [0.2, 0.25) is 0 Å². The molecule has 1 rings (SSSR count). The van der Waals surface area contributed by atoms with E-state index in [4.69, 9.17) is 4.74 Å². The second-order valence-corrected chi connectivity index (χ2v) is 4.59. The molecule has 0 aromatic heterocycles. The van der Waals surface area contributed by atoms with Crippen LogP contribution in [0.5, 0.6) is 0 Å². The summed E-state index contributed by atoms with van der Waals surface area (Å²) in [5, 5.41) is 3.46. The second kappa shape index (κ2) is 4.97. The van der Waals surface area contributed by atoms with Crippen molar-refractivity contribution in [1.29, 1.82) is 0 Å². The Morgan fingerprint density at radius 1 is 1.38 bits per heavy atom. The largest absolute Gasteiger partial charge is 0.378 e. The third-order valence-electron chi connectivity index (χ3n) is 3.01. The van der Waals surface area contributed by atoms with Crippen LogP contribution in [-0.4, -0.2) is 25.8 Å². The molecular weight excluding hydrogens is 162 g/mol. The van der Waals surface area contributed by atoms with Crippen LogP contribution < -0.4 is 5.32 Å². The van der Waals surface area contributed by atoms with Gasteiger partial charge in [0.2, 0.25) is 0 Å². The average molecular weight is 185 g/mol. The van der Waals surface area contributed by atoms with Crippen LogP contribution in [0.3, 0.4) is 0 Å². The Bertz CT molecular complexity index is 136. The molecule has 0 unspecified atom stereocenters. The minimum atomic E-state index is 0.240. The van der Waals surface area contributed by atoms with Crippen molar-refractivity contribution in [3.63, 3.8) is 0 Å². The SMILES string of the molecule is COC1(CCNCC(C)C)CCC1. The van der Waals surface area contributed by atoms with Gasteiger partial charge < -0.3 is 10.1 Å². The van der Waals surface area contributed by atoms with E-state index in [1.165, 1.54) is 25.7 Å². The summed E-state index contributed by atoms with van der Waals surface area (Å²) in [4.78, 5) is 0. The first-order valence-corrected chi connectivity index (χ1v) is 5.44. The molecule has 2 heteroatoms. The van der Waals surface area contributed by atoms with Gasteiger partial charge in [-0.25, -0.2) is 0 Å². The van der Waals surface area contributed by atoms with E-state index in [1.807, 2.05) is 7.11 Å². The van der Waals surface area contributed by atoms with Gasteiger partial charge >= 0.3 is 0 Å². The third-order valence-corrected chi connectivity index (χ3v) is 3.01. The molecule has 0 aliphatic heterocycles. The van der Waals surface area contributed by atoms with Crippen molar-refractivity contribution >= 4 is 0 Å². The zero-order valence-corrected chi connectivity index (χ0v) is 9.23. The number of hydrogen-bond acceptors (Lipinski definition) is 2. The van der Waals surface area contributed by atoms with Gasteiger partial charge in [0.1, 0.15) is 0 Å². The molecule has 1 N–H and O–H groups in total. The Morgan fingerprint density at radius 3 is 2.46 bits per heavy atom. The summed E-state index contributed by atoms with van der Waals surface area (Å²) in [5.41, 5.74) is 0.240. The van der Waals surface area contributed by atoms with Crippen molar-refractivity contribution in [1.82, 2.24) is 5.32 Å². The highest BCUT2D eigenvalue weighted by atomic mass is 16.5. The minimum absolute atomic E-state index is 0.240. The molecule has 1 fully saturated rings. The molecule has 0 atom stereocenters. The van der Waals surface area contributed by atoms with Crippen molar-refractivity contribution in [3.05, 3.63) is 0 Å². The van der Waals surface area contributed by atoms with Gasteiger partial charge in [-0.1, -0.05) is 13.8 Å². The summed E-state index contributed by atoms with van der Waals surface area (Å²) in [6.45, 7) is 6.71. The Labute approximate surface area is 82.0 Å². The van der Waals surface area contributed by atoms with Gasteiger partial charge in [0.25, 0.3) is 0 Å². The number of hydrogen-bond donors (Lipinski definition) is 1. The zero-order chi connectivity index (χ0) is 9.73. The summed E-state index contributed by atoms with van der Waals surface area (Å²) >= 11 is 0. The first-order valence-electron chi connectivity index (χ1n) is 5.44. The fourth-order valence-corrected chi connectivity index (χ4v) is 1.83. The molecule has 2 nitrogen and oxygen atoms in total. The highest BCUT2D eigenvalue weighted by molar-refractivity contribution is 4.89. The van der Waals surface area contributed by atoms with E-state index in [0.717, 1.165) is 19.0 Å². The van der Waals surface area contributed by atoms with Gasteiger partial charge in [-0.2, -0.15) is 0 Å². The van der Waals surface area contributed by atoms with Crippen LogP contribution in [0.1, 0.15) is 39.5 Å². The molecular formula is C11H23NO. The smallest absolute Gasteiger partial charge is 0.0690 e. The van der Waals surface area contributed by atoms with E-state index in [1.54, 1.807) is 0 Å². The second-order valence-electron chi connectivity index (χ2n) is 4.59. The average Bonchev–Trinajstić information content (AvgIpc) is 2.01. The quantitative estimate of drug-likeness (QED) is 0.640. The molecule has 0 aromatic rings. The molecule has 0 aromatic carbocycles. The van der Waals surface area contributed by atoms with Gasteiger partial charge in [-0.15, -0.1) is 0 Å². The summed E-state index contributed by atoms with van der Waals surface area (Å²) < 4.78 is 5.54. The number of ether oxygens (including phenoxy) is 1. The molecule has 0 radical (unpaired) electrons. The summed E-state index contributed by atoms with van der Waals surface area (Å²) in [6.07, 6.45) is 5.04. The lowest BCUT2D eigenvalue weighted by molar-refractivity contribution is -0.0768. The third kappa shape index (κ3) is 3.28. The number of rotatable bonds is 6. The summed E-state index contributed by atoms with van der Waals surface area (Å²) in [5.74, 6) is 0.750. The maximum Gasteiger partial charge on any atom is 0.0690 e. The number of methoxy groups -OCH3 is 1.